The van der Waals surface area contributed by atoms with Gasteiger partial charge in [0.1, 0.15) is 34.2 Å². The van der Waals surface area contributed by atoms with E-state index in [9.17, 15) is 39.6 Å². The van der Waals surface area contributed by atoms with Crippen molar-refractivity contribution in [1.82, 2.24) is 14.5 Å². The first kappa shape index (κ1) is 38.1. The maximum absolute atomic E-state index is 13.9. The Labute approximate surface area is 323 Å². The zero-order chi connectivity index (χ0) is 38.9. The number of carbonyl (C=O) groups excluding carboxylic acids is 1. The number of fused-ring (bicyclic) bond motifs is 2. The molecule has 0 bridgehead atoms. The number of nitrogens with zero attached hydrogens (tertiary/aromatic N) is 6. The lowest BCUT2D eigenvalue weighted by atomic mass is 10.0. The van der Waals surface area contributed by atoms with Gasteiger partial charge in [-0.1, -0.05) is 37.3 Å². The third-order valence-corrected chi connectivity index (χ3v) is 13.0. The molecule has 3 aromatic rings. The number of thiazole rings is 1. The Morgan fingerprint density at radius 3 is 2.44 bits per heavy atom. The van der Waals surface area contributed by atoms with Crippen LogP contribution in [0.15, 0.2) is 44.5 Å². The first-order valence-electron chi connectivity index (χ1n) is 17.1. The molecule has 0 radical (unpaired) electrons. The Kier molecular flexibility index (Phi) is 9.96. The van der Waals surface area contributed by atoms with Gasteiger partial charge < -0.3 is 40.0 Å². The summed E-state index contributed by atoms with van der Waals surface area (Å²) in [6.45, 7) is 4.65. The summed E-state index contributed by atoms with van der Waals surface area (Å²) in [6.07, 6.45) is 5.46. The summed E-state index contributed by atoms with van der Waals surface area (Å²) in [5.41, 5.74) is 5.53. The summed E-state index contributed by atoms with van der Waals surface area (Å²) < 4.78 is 2.56. The van der Waals surface area contributed by atoms with Crippen LogP contribution in [-0.2, 0) is 25.8 Å². The normalized spacial score (nSPS) is 21.7. The predicted molar refractivity (Wildman–Crippen MR) is 207 cm³/mol. The number of oxime groups is 1. The number of hydrogen-bond donors (Lipinski definition) is 5. The van der Waals surface area contributed by atoms with E-state index in [0.29, 0.717) is 58.5 Å². The van der Waals surface area contributed by atoms with Crippen LogP contribution in [0.2, 0.25) is 4.34 Å². The molecule has 1 saturated carbocycles. The van der Waals surface area contributed by atoms with Crippen molar-refractivity contribution in [2.45, 2.75) is 69.1 Å². The highest BCUT2D eigenvalue weighted by Crippen LogP contribution is 2.44. The second kappa shape index (κ2) is 14.1. The second-order valence-electron chi connectivity index (χ2n) is 14.4. The molecule has 3 aliphatic heterocycles. The summed E-state index contributed by atoms with van der Waals surface area (Å²) in [5, 5.41) is 44.3. The van der Waals surface area contributed by atoms with Crippen molar-refractivity contribution in [2.75, 3.05) is 31.1 Å². The number of carboxylic acids is 2. The topological polar surface area (TPSA) is 230 Å². The van der Waals surface area contributed by atoms with E-state index in [0.717, 1.165) is 37.0 Å². The molecule has 5 heterocycles. The molecule has 54 heavy (non-hydrogen) atoms. The van der Waals surface area contributed by atoms with Crippen LogP contribution in [0.4, 0.5) is 5.13 Å². The highest BCUT2D eigenvalue weighted by atomic mass is 35.5. The third kappa shape index (κ3) is 6.94. The van der Waals surface area contributed by atoms with Crippen molar-refractivity contribution < 1.29 is 44.1 Å². The van der Waals surface area contributed by atoms with Crippen LogP contribution in [0.1, 0.15) is 56.8 Å². The summed E-state index contributed by atoms with van der Waals surface area (Å²) in [6, 6.07) is 1.89. The van der Waals surface area contributed by atoms with Gasteiger partial charge in [0, 0.05) is 42.5 Å². The van der Waals surface area contributed by atoms with Crippen LogP contribution >= 0.6 is 43.9 Å². The molecule has 20 heteroatoms. The minimum absolute atomic E-state index is 0.0593. The molecule has 3 fully saturated rings. The summed E-state index contributed by atoms with van der Waals surface area (Å²) in [7, 11) is 2.34. The van der Waals surface area contributed by atoms with Gasteiger partial charge in [0.15, 0.2) is 33.8 Å². The van der Waals surface area contributed by atoms with Gasteiger partial charge in [0.2, 0.25) is 5.60 Å². The molecule has 0 spiro atoms. The predicted octanol–water partition coefficient (Wildman–Crippen LogP) is 3.73. The second-order valence-corrected chi connectivity index (χ2v) is 17.7. The molecule has 2 aromatic heterocycles. The number of aromatic nitrogens is 2. The SMILES string of the molecule is CC(C)(O/N=C(\C(P)=N[C@@H]1C(=O)N2C(C(=O)O)=C(C[N+]3(Cc4cn(C5CC5)c5cc(O)c(O)cc5c4=O)CCCC3)CS[C@H]12)c1nc(N)sc1Cl)C(=O)O. The van der Waals surface area contributed by atoms with Crippen LogP contribution in [-0.4, -0.2) is 111 Å². The first-order valence-corrected chi connectivity index (χ1v) is 19.9. The van der Waals surface area contributed by atoms with Gasteiger partial charge >= 0.3 is 11.9 Å². The number of β-lactam (4-membered cyclic amide) rings is 1. The van der Waals surface area contributed by atoms with E-state index >= 15 is 0 Å². The highest BCUT2D eigenvalue weighted by Gasteiger charge is 2.55. The number of thioether (sulfide) groups is 1. The largest absolute Gasteiger partial charge is 0.504 e. The lowest BCUT2D eigenvalue weighted by Crippen LogP contribution is -2.65. The molecule has 1 unspecified atom stereocenters. The van der Waals surface area contributed by atoms with E-state index in [4.69, 9.17) is 22.2 Å². The first-order chi connectivity index (χ1) is 25.5. The molecule has 7 rings (SSSR count). The monoisotopic (exact) mass is 818 g/mol. The number of aliphatic imine (C=N–C) groups is 1. The van der Waals surface area contributed by atoms with Crippen LogP contribution < -0.4 is 11.2 Å². The number of anilines is 1. The molecular weight excluding hydrogens is 781 g/mol. The molecule has 1 aliphatic carbocycles. The number of amides is 1. The Hall–Kier alpha value is -4.22. The van der Waals surface area contributed by atoms with E-state index in [1.54, 1.807) is 0 Å². The van der Waals surface area contributed by atoms with Crippen molar-refractivity contribution in [3.8, 4) is 11.5 Å². The number of halogens is 1. The van der Waals surface area contributed by atoms with Crippen molar-refractivity contribution in [1.29, 1.82) is 0 Å². The van der Waals surface area contributed by atoms with Gasteiger partial charge in [0.05, 0.1) is 35.0 Å². The van der Waals surface area contributed by atoms with Gasteiger partial charge in [-0.2, -0.15) is 0 Å². The average Bonchev–Trinajstić information content (AvgIpc) is 3.77. The number of aliphatic carboxylic acids is 2. The fraction of sp³-hybridized carbons (Fsp3) is 0.441. The minimum atomic E-state index is -1.73. The molecule has 3 atom stereocenters. The van der Waals surface area contributed by atoms with Crippen molar-refractivity contribution in [3.63, 3.8) is 0 Å². The zero-order valence-corrected chi connectivity index (χ0v) is 32.7. The Bertz CT molecular complexity index is 2260. The minimum Gasteiger partial charge on any atom is -0.504 e. The van der Waals surface area contributed by atoms with Crippen molar-refractivity contribution >= 4 is 89.0 Å². The van der Waals surface area contributed by atoms with Crippen LogP contribution in [0, 0.1) is 0 Å². The number of likely N-dealkylation sites (tertiary alicyclic amines) is 1. The standard InChI is InChI=1S/C34H37ClN7O9PS2/c1-34(2,32(49)50)51-39-23(22-27(35)54-33(36)38-22)28(52)37-24-29(46)41-25(31(47)48)16(14-53-30(24)41)13-42(7-3-4-8-42)12-15-11-40(17-5-6-17)19-10-21(44)20(43)9-18(19)26(15)45/h9-11,17,24,30H,3-8,12-14,52H2,1-2H3,(H5-,36,37,38,39,43,44,45,47,48,49,50)/p+1/t24-,30-/m1/s1. The Morgan fingerprint density at radius 1 is 1.15 bits per heavy atom. The Morgan fingerprint density at radius 2 is 1.83 bits per heavy atom. The number of hydrogen-bond acceptors (Lipinski definition) is 13. The smallest absolute Gasteiger partial charge is 0.352 e. The number of rotatable bonds is 12. The molecule has 286 valence electrons. The van der Waals surface area contributed by atoms with E-state index in [1.807, 2.05) is 10.8 Å². The molecule has 4 aliphatic rings. The molecular formula is C34H38ClN7O9PS2+. The quantitative estimate of drug-likeness (QED) is 0.0440. The summed E-state index contributed by atoms with van der Waals surface area (Å²) in [5.74, 6) is -3.45. The zero-order valence-electron chi connectivity index (χ0n) is 29.2. The maximum Gasteiger partial charge on any atom is 0.352 e. The van der Waals surface area contributed by atoms with Gasteiger partial charge in [-0.25, -0.2) is 14.6 Å². The van der Waals surface area contributed by atoms with Gasteiger partial charge in [-0.05, 0) is 32.8 Å². The number of benzene rings is 1. The van der Waals surface area contributed by atoms with Crippen molar-refractivity contribution in [2.24, 2.45) is 10.1 Å². The molecule has 2 saturated heterocycles. The number of aromatic hydroxyl groups is 2. The lowest BCUT2D eigenvalue weighted by molar-refractivity contribution is -0.925. The molecule has 16 nitrogen and oxygen atoms in total. The highest BCUT2D eigenvalue weighted by molar-refractivity contribution is 8.00. The van der Waals surface area contributed by atoms with Crippen LogP contribution in [0.5, 0.6) is 11.5 Å². The van der Waals surface area contributed by atoms with Crippen LogP contribution in [0.25, 0.3) is 10.9 Å². The van der Waals surface area contributed by atoms with Gasteiger partial charge in [0.25, 0.3) is 5.91 Å². The van der Waals surface area contributed by atoms with E-state index < -0.39 is 34.9 Å². The average molecular weight is 819 g/mol. The van der Waals surface area contributed by atoms with E-state index in [1.165, 1.54) is 42.6 Å². The maximum atomic E-state index is 13.9. The fourth-order valence-electron chi connectivity index (χ4n) is 7.20. The number of quaternary nitrogens is 1. The van der Waals surface area contributed by atoms with Crippen molar-refractivity contribution in [3.05, 3.63) is 55.4 Å². The number of phenolic OH excluding ortho intramolecular Hbond substituents is 2. The summed E-state index contributed by atoms with van der Waals surface area (Å²) in [4.78, 5) is 67.6. The number of pyridine rings is 1. The lowest BCUT2D eigenvalue weighted by Gasteiger charge is -2.48. The summed E-state index contributed by atoms with van der Waals surface area (Å²) >= 11 is 8.70. The van der Waals surface area contributed by atoms with Gasteiger partial charge in [-0.3, -0.25) is 19.5 Å². The Balaban J connectivity index is 1.19. The van der Waals surface area contributed by atoms with Crippen LogP contribution in [0.3, 0.4) is 0 Å². The number of phenols is 2. The molecule has 1 aromatic carbocycles. The number of carbonyl (C=O) groups is 3. The number of nitrogen functional groups attached to an aromatic ring is 1. The van der Waals surface area contributed by atoms with E-state index in [-0.39, 0.29) is 55.0 Å². The van der Waals surface area contributed by atoms with E-state index in [2.05, 4.69) is 24.4 Å². The molecule has 1 amide bonds. The molecule has 6 N–H and O–H groups in total. The number of carboxylic acid groups (broad SMARTS) is 2. The number of nitrogens with two attached hydrogens (primary N) is 1. The van der Waals surface area contributed by atoms with Gasteiger partial charge in [-0.15, -0.1) is 11.8 Å². The third-order valence-electron chi connectivity index (χ3n) is 10.1. The fourth-order valence-corrected chi connectivity index (χ4v) is 9.79.